The van der Waals surface area contributed by atoms with Crippen molar-refractivity contribution in [1.82, 2.24) is 10.2 Å². The molecular weight excluding hydrogens is 244 g/mol. The molecule has 1 heterocycles. The van der Waals surface area contributed by atoms with Gasteiger partial charge >= 0.3 is 0 Å². The molecule has 20 heavy (non-hydrogen) atoms. The lowest BCUT2D eigenvalue weighted by Crippen LogP contribution is -2.49. The van der Waals surface area contributed by atoms with E-state index in [-0.39, 0.29) is 0 Å². The van der Waals surface area contributed by atoms with E-state index in [4.69, 9.17) is 0 Å². The molecule has 1 saturated heterocycles. The van der Waals surface area contributed by atoms with Gasteiger partial charge in [-0.3, -0.25) is 0 Å². The first-order valence-corrected chi connectivity index (χ1v) is 9.10. The van der Waals surface area contributed by atoms with Crippen LogP contribution in [0.4, 0.5) is 0 Å². The predicted octanol–water partition coefficient (Wildman–Crippen LogP) is 3.91. The average Bonchev–Trinajstić information content (AvgIpc) is 2.47. The Balaban J connectivity index is 1.82. The van der Waals surface area contributed by atoms with E-state index in [2.05, 4.69) is 37.9 Å². The highest BCUT2D eigenvalue weighted by atomic mass is 15.1. The molecule has 1 saturated carbocycles. The minimum absolute atomic E-state index is 0.707. The van der Waals surface area contributed by atoms with Gasteiger partial charge in [0, 0.05) is 12.1 Å². The van der Waals surface area contributed by atoms with Gasteiger partial charge in [-0.15, -0.1) is 0 Å². The van der Waals surface area contributed by atoms with Gasteiger partial charge in [-0.2, -0.15) is 0 Å². The van der Waals surface area contributed by atoms with E-state index in [1.807, 2.05) is 0 Å². The van der Waals surface area contributed by atoms with E-state index >= 15 is 0 Å². The van der Waals surface area contributed by atoms with Crippen molar-refractivity contribution >= 4 is 0 Å². The molecule has 0 spiro atoms. The van der Waals surface area contributed by atoms with Crippen LogP contribution in [-0.4, -0.2) is 36.6 Å². The van der Waals surface area contributed by atoms with Gasteiger partial charge in [0.05, 0.1) is 0 Å². The van der Waals surface area contributed by atoms with Crippen LogP contribution in [0.1, 0.15) is 66.2 Å². The van der Waals surface area contributed by atoms with Gasteiger partial charge in [0.2, 0.25) is 0 Å². The number of likely N-dealkylation sites (tertiary alicyclic amines) is 1. The second-order valence-electron chi connectivity index (χ2n) is 7.53. The Morgan fingerprint density at radius 1 is 1.00 bits per heavy atom. The molecule has 0 aromatic heterocycles. The Morgan fingerprint density at radius 2 is 1.65 bits per heavy atom. The fraction of sp³-hybridized carbons (Fsp3) is 1.00. The molecule has 0 amide bonds. The minimum atomic E-state index is 0.707. The molecule has 0 radical (unpaired) electrons. The largest absolute Gasteiger partial charge is 0.311 e. The van der Waals surface area contributed by atoms with E-state index < -0.39 is 0 Å². The SMILES string of the molecule is CCN1CCC(C(C)NC2CCCCC2C(C)C)CC1. The molecule has 1 aliphatic heterocycles. The van der Waals surface area contributed by atoms with E-state index in [0.717, 1.165) is 23.8 Å². The highest BCUT2D eigenvalue weighted by molar-refractivity contribution is 4.87. The van der Waals surface area contributed by atoms with E-state index in [0.29, 0.717) is 6.04 Å². The lowest BCUT2D eigenvalue weighted by atomic mass is 9.77. The second-order valence-corrected chi connectivity index (χ2v) is 7.53. The van der Waals surface area contributed by atoms with Crippen molar-refractivity contribution < 1.29 is 0 Å². The number of nitrogens with one attached hydrogen (secondary N) is 1. The van der Waals surface area contributed by atoms with E-state index in [1.165, 1.54) is 58.2 Å². The van der Waals surface area contributed by atoms with Gasteiger partial charge in [-0.25, -0.2) is 0 Å². The Hall–Kier alpha value is -0.0800. The van der Waals surface area contributed by atoms with Crippen molar-refractivity contribution in [1.29, 1.82) is 0 Å². The summed E-state index contributed by atoms with van der Waals surface area (Å²) in [5.41, 5.74) is 0. The van der Waals surface area contributed by atoms with Gasteiger partial charge in [-0.1, -0.05) is 33.6 Å². The van der Waals surface area contributed by atoms with Crippen LogP contribution in [0.15, 0.2) is 0 Å². The maximum atomic E-state index is 4.03. The predicted molar refractivity (Wildman–Crippen MR) is 88.0 cm³/mol. The summed E-state index contributed by atoms with van der Waals surface area (Å²) in [7, 11) is 0. The van der Waals surface area contributed by atoms with Crippen LogP contribution < -0.4 is 5.32 Å². The molecule has 2 heteroatoms. The molecule has 0 aromatic carbocycles. The number of hydrogen-bond acceptors (Lipinski definition) is 2. The summed E-state index contributed by atoms with van der Waals surface area (Å²) in [5.74, 6) is 2.64. The molecule has 2 rings (SSSR count). The molecule has 2 fully saturated rings. The van der Waals surface area contributed by atoms with Crippen LogP contribution in [0.5, 0.6) is 0 Å². The molecule has 2 aliphatic rings. The molecule has 1 aliphatic carbocycles. The fourth-order valence-corrected chi connectivity index (χ4v) is 4.41. The van der Waals surface area contributed by atoms with E-state index in [9.17, 15) is 0 Å². The summed E-state index contributed by atoms with van der Waals surface area (Å²) in [6.45, 7) is 13.4. The molecule has 3 atom stereocenters. The fourth-order valence-electron chi connectivity index (χ4n) is 4.41. The van der Waals surface area contributed by atoms with Crippen molar-refractivity contribution in [3.05, 3.63) is 0 Å². The van der Waals surface area contributed by atoms with Crippen molar-refractivity contribution in [2.24, 2.45) is 17.8 Å². The van der Waals surface area contributed by atoms with Gasteiger partial charge in [0.1, 0.15) is 0 Å². The molecule has 0 aromatic rings. The Morgan fingerprint density at radius 3 is 2.25 bits per heavy atom. The quantitative estimate of drug-likeness (QED) is 0.821. The zero-order valence-corrected chi connectivity index (χ0v) is 14.2. The summed E-state index contributed by atoms with van der Waals surface area (Å²) in [6, 6.07) is 1.49. The highest BCUT2D eigenvalue weighted by Gasteiger charge is 2.31. The first-order valence-electron chi connectivity index (χ1n) is 9.10. The second kappa shape index (κ2) is 7.79. The summed E-state index contributed by atoms with van der Waals surface area (Å²) < 4.78 is 0. The molecule has 3 unspecified atom stereocenters. The maximum absolute atomic E-state index is 4.03. The van der Waals surface area contributed by atoms with Crippen molar-refractivity contribution in [3.8, 4) is 0 Å². The first-order chi connectivity index (χ1) is 9.61. The zero-order chi connectivity index (χ0) is 14.5. The summed E-state index contributed by atoms with van der Waals surface area (Å²) in [4.78, 5) is 2.60. The normalized spacial score (nSPS) is 31.6. The minimum Gasteiger partial charge on any atom is -0.311 e. The number of piperidine rings is 1. The lowest BCUT2D eigenvalue weighted by molar-refractivity contribution is 0.138. The molecular formula is C18H36N2. The molecule has 2 nitrogen and oxygen atoms in total. The average molecular weight is 280 g/mol. The maximum Gasteiger partial charge on any atom is 0.0100 e. The van der Waals surface area contributed by atoms with Crippen LogP contribution in [0.2, 0.25) is 0 Å². The third-order valence-corrected chi connectivity index (χ3v) is 5.94. The van der Waals surface area contributed by atoms with E-state index in [1.54, 1.807) is 0 Å². The van der Waals surface area contributed by atoms with Crippen molar-refractivity contribution in [2.45, 2.75) is 78.3 Å². The monoisotopic (exact) mass is 280 g/mol. The highest BCUT2D eigenvalue weighted by Crippen LogP contribution is 2.31. The Kier molecular flexibility index (Phi) is 6.35. The van der Waals surface area contributed by atoms with Crippen molar-refractivity contribution in [2.75, 3.05) is 19.6 Å². The van der Waals surface area contributed by atoms with Crippen LogP contribution in [-0.2, 0) is 0 Å². The van der Waals surface area contributed by atoms with Crippen molar-refractivity contribution in [3.63, 3.8) is 0 Å². The summed E-state index contributed by atoms with van der Waals surface area (Å²) in [5, 5.41) is 4.03. The summed E-state index contributed by atoms with van der Waals surface area (Å²) >= 11 is 0. The molecule has 0 bridgehead atoms. The van der Waals surface area contributed by atoms with Crippen LogP contribution in [0.25, 0.3) is 0 Å². The van der Waals surface area contributed by atoms with Crippen LogP contribution in [0.3, 0.4) is 0 Å². The Labute approximate surface area is 126 Å². The van der Waals surface area contributed by atoms with Gasteiger partial charge < -0.3 is 10.2 Å². The first kappa shape index (κ1) is 16.3. The Bertz CT molecular complexity index is 269. The zero-order valence-electron chi connectivity index (χ0n) is 14.2. The standard InChI is InChI=1S/C18H36N2/c1-5-20-12-10-16(11-13-20)15(4)19-18-9-7-6-8-17(18)14(2)3/h14-19H,5-13H2,1-4H3. The third-order valence-electron chi connectivity index (χ3n) is 5.94. The number of nitrogens with zero attached hydrogens (tertiary/aromatic N) is 1. The summed E-state index contributed by atoms with van der Waals surface area (Å²) in [6.07, 6.45) is 8.51. The van der Waals surface area contributed by atoms with Gasteiger partial charge in [0.25, 0.3) is 0 Å². The number of rotatable bonds is 5. The third kappa shape index (κ3) is 4.21. The van der Waals surface area contributed by atoms with Crippen LogP contribution in [0, 0.1) is 17.8 Å². The smallest absolute Gasteiger partial charge is 0.0100 e. The topological polar surface area (TPSA) is 15.3 Å². The lowest BCUT2D eigenvalue weighted by Gasteiger charge is -2.40. The van der Waals surface area contributed by atoms with Gasteiger partial charge in [0.15, 0.2) is 0 Å². The molecule has 1 N–H and O–H groups in total. The number of hydrogen-bond donors (Lipinski definition) is 1. The van der Waals surface area contributed by atoms with Gasteiger partial charge in [-0.05, 0) is 70.0 Å². The molecule has 118 valence electrons. The van der Waals surface area contributed by atoms with Crippen LogP contribution >= 0.6 is 0 Å².